The molecule has 0 spiro atoms. The van der Waals surface area contributed by atoms with Crippen LogP contribution in [-0.2, 0) is 10.0 Å². The first-order chi connectivity index (χ1) is 12.3. The number of fused-ring (bicyclic) bond motifs is 1. The zero-order valence-corrected chi connectivity index (χ0v) is 16.1. The predicted octanol–water partition coefficient (Wildman–Crippen LogP) is 3.12. The van der Waals surface area contributed by atoms with Crippen molar-refractivity contribution in [1.29, 1.82) is 0 Å². The lowest BCUT2D eigenvalue weighted by Gasteiger charge is -2.21. The number of nitrogens with one attached hydrogen (secondary N) is 1. The molecule has 2 aromatic rings. The molecular weight excluding hydrogens is 354 g/mol. The fourth-order valence-electron chi connectivity index (χ4n) is 2.98. The summed E-state index contributed by atoms with van der Waals surface area (Å²) in [5.41, 5.74) is 2.29. The number of ether oxygens (including phenoxy) is 3. The van der Waals surface area contributed by atoms with Gasteiger partial charge in [0.1, 0.15) is 19.0 Å². The van der Waals surface area contributed by atoms with Crippen LogP contribution in [0.2, 0.25) is 0 Å². The van der Waals surface area contributed by atoms with E-state index >= 15 is 0 Å². The molecule has 0 aliphatic carbocycles. The van der Waals surface area contributed by atoms with Crippen molar-refractivity contribution in [2.75, 3.05) is 20.3 Å². The van der Waals surface area contributed by atoms with Crippen LogP contribution in [0.1, 0.15) is 29.7 Å². The van der Waals surface area contributed by atoms with E-state index in [9.17, 15) is 8.42 Å². The Kier molecular flexibility index (Phi) is 5.11. The van der Waals surface area contributed by atoms with Crippen molar-refractivity contribution in [1.82, 2.24) is 4.72 Å². The maximum absolute atomic E-state index is 12.9. The highest BCUT2D eigenvalue weighted by Crippen LogP contribution is 2.33. The first-order valence-corrected chi connectivity index (χ1v) is 9.88. The van der Waals surface area contributed by atoms with E-state index in [1.807, 2.05) is 19.1 Å². The van der Waals surface area contributed by atoms with Gasteiger partial charge in [0.25, 0.3) is 0 Å². The second-order valence-electron chi connectivity index (χ2n) is 6.26. The minimum atomic E-state index is -3.68. The molecule has 26 heavy (non-hydrogen) atoms. The van der Waals surface area contributed by atoms with Crippen molar-refractivity contribution in [2.24, 2.45) is 0 Å². The van der Waals surface area contributed by atoms with Gasteiger partial charge in [0.2, 0.25) is 10.0 Å². The Labute approximate surface area is 154 Å². The molecule has 0 saturated carbocycles. The molecule has 0 radical (unpaired) electrons. The molecule has 0 aromatic heterocycles. The maximum Gasteiger partial charge on any atom is 0.241 e. The van der Waals surface area contributed by atoms with Gasteiger partial charge in [0, 0.05) is 6.04 Å². The number of hydrogen-bond donors (Lipinski definition) is 1. The second-order valence-corrected chi connectivity index (χ2v) is 7.94. The minimum Gasteiger partial charge on any atom is -0.496 e. The minimum absolute atomic E-state index is 0.250. The standard InChI is InChI=1S/C19H23NO5S/c1-12-13(2)19(8-7-16(12)23-4)26(21,22)20-14(3)15-5-6-17-18(11-15)25-10-9-24-17/h5-8,11,14,20H,9-10H2,1-4H3/t14-/m1/s1. The van der Waals surface area contributed by atoms with E-state index in [0.29, 0.717) is 36.0 Å². The monoisotopic (exact) mass is 377 g/mol. The summed E-state index contributed by atoms with van der Waals surface area (Å²) in [6, 6.07) is 8.28. The van der Waals surface area contributed by atoms with Gasteiger partial charge in [0.15, 0.2) is 11.5 Å². The average Bonchev–Trinajstić information content (AvgIpc) is 2.62. The van der Waals surface area contributed by atoms with Gasteiger partial charge in [-0.2, -0.15) is 0 Å². The van der Waals surface area contributed by atoms with Crippen molar-refractivity contribution < 1.29 is 22.6 Å². The fraction of sp³-hybridized carbons (Fsp3) is 0.368. The summed E-state index contributed by atoms with van der Waals surface area (Å²) in [5, 5.41) is 0. The van der Waals surface area contributed by atoms with Crippen molar-refractivity contribution in [3.05, 3.63) is 47.0 Å². The highest BCUT2D eigenvalue weighted by atomic mass is 32.2. The lowest BCUT2D eigenvalue weighted by molar-refractivity contribution is 0.171. The van der Waals surface area contributed by atoms with Crippen LogP contribution in [0.5, 0.6) is 17.2 Å². The quantitative estimate of drug-likeness (QED) is 0.867. The normalized spacial score (nSPS) is 14.8. The van der Waals surface area contributed by atoms with E-state index in [1.165, 1.54) is 0 Å². The maximum atomic E-state index is 12.9. The van der Waals surface area contributed by atoms with Gasteiger partial charge in [-0.05, 0) is 61.7 Å². The largest absolute Gasteiger partial charge is 0.496 e. The summed E-state index contributed by atoms with van der Waals surface area (Å²) in [6.45, 7) is 6.43. The van der Waals surface area contributed by atoms with Crippen LogP contribution in [0.4, 0.5) is 0 Å². The van der Waals surface area contributed by atoms with Crippen molar-refractivity contribution in [3.63, 3.8) is 0 Å². The van der Waals surface area contributed by atoms with Crippen molar-refractivity contribution in [3.8, 4) is 17.2 Å². The Bertz CT molecular complexity index is 924. The van der Waals surface area contributed by atoms with E-state index < -0.39 is 16.1 Å². The van der Waals surface area contributed by atoms with E-state index in [0.717, 1.165) is 11.1 Å². The molecule has 1 aliphatic heterocycles. The van der Waals surface area contributed by atoms with Crippen molar-refractivity contribution in [2.45, 2.75) is 31.7 Å². The zero-order valence-electron chi connectivity index (χ0n) is 15.3. The number of methoxy groups -OCH3 is 1. The third kappa shape index (κ3) is 3.50. The van der Waals surface area contributed by atoms with Crippen LogP contribution >= 0.6 is 0 Å². The molecule has 1 atom stereocenters. The lowest BCUT2D eigenvalue weighted by atomic mass is 10.1. The summed E-state index contributed by atoms with van der Waals surface area (Å²) >= 11 is 0. The number of rotatable bonds is 5. The highest BCUT2D eigenvalue weighted by Gasteiger charge is 2.23. The first-order valence-electron chi connectivity index (χ1n) is 8.39. The Morgan fingerprint density at radius 1 is 1.04 bits per heavy atom. The smallest absolute Gasteiger partial charge is 0.241 e. The van der Waals surface area contributed by atoms with Crippen LogP contribution < -0.4 is 18.9 Å². The van der Waals surface area contributed by atoms with E-state index in [-0.39, 0.29) is 4.90 Å². The van der Waals surface area contributed by atoms with Crippen LogP contribution in [0, 0.1) is 13.8 Å². The van der Waals surface area contributed by atoms with Crippen LogP contribution in [0.3, 0.4) is 0 Å². The van der Waals surface area contributed by atoms with Gasteiger partial charge in [0.05, 0.1) is 12.0 Å². The molecule has 1 aliphatic rings. The Hall–Kier alpha value is -2.25. The highest BCUT2D eigenvalue weighted by molar-refractivity contribution is 7.89. The summed E-state index contributed by atoms with van der Waals surface area (Å²) in [7, 11) is -2.12. The average molecular weight is 377 g/mol. The van der Waals surface area contributed by atoms with Gasteiger partial charge in [-0.3, -0.25) is 0 Å². The van der Waals surface area contributed by atoms with Crippen molar-refractivity contribution >= 4 is 10.0 Å². The summed E-state index contributed by atoms with van der Waals surface area (Å²) in [4.78, 5) is 0.250. The fourth-order valence-corrected chi connectivity index (χ4v) is 4.51. The third-order valence-corrected chi connectivity index (χ3v) is 6.28. The summed E-state index contributed by atoms with van der Waals surface area (Å²) in [6.07, 6.45) is 0. The van der Waals surface area contributed by atoms with Gasteiger partial charge in [-0.25, -0.2) is 13.1 Å². The third-order valence-electron chi connectivity index (χ3n) is 4.60. The van der Waals surface area contributed by atoms with Crippen LogP contribution in [0.15, 0.2) is 35.2 Å². The van der Waals surface area contributed by atoms with E-state index in [2.05, 4.69) is 4.72 Å². The molecule has 6 nitrogen and oxygen atoms in total. The molecule has 3 rings (SSSR count). The SMILES string of the molecule is COc1ccc(S(=O)(=O)N[C@H](C)c2ccc3c(c2)OCCO3)c(C)c1C. The Morgan fingerprint density at radius 3 is 2.42 bits per heavy atom. The van der Waals surface area contributed by atoms with Gasteiger partial charge in [-0.15, -0.1) is 0 Å². The van der Waals surface area contributed by atoms with Gasteiger partial charge >= 0.3 is 0 Å². The molecule has 1 N–H and O–H groups in total. The molecule has 0 bridgehead atoms. The molecule has 140 valence electrons. The molecule has 2 aromatic carbocycles. The van der Waals surface area contributed by atoms with E-state index in [1.54, 1.807) is 39.2 Å². The molecule has 1 heterocycles. The summed E-state index contributed by atoms with van der Waals surface area (Å²) in [5.74, 6) is 1.98. The topological polar surface area (TPSA) is 73.9 Å². The summed E-state index contributed by atoms with van der Waals surface area (Å²) < 4.78 is 44.8. The Balaban J connectivity index is 1.87. The Morgan fingerprint density at radius 2 is 1.73 bits per heavy atom. The van der Waals surface area contributed by atoms with Gasteiger partial charge < -0.3 is 14.2 Å². The number of sulfonamides is 1. The van der Waals surface area contributed by atoms with Gasteiger partial charge in [-0.1, -0.05) is 6.07 Å². The molecule has 0 fully saturated rings. The zero-order chi connectivity index (χ0) is 18.9. The molecule has 0 unspecified atom stereocenters. The molecule has 0 saturated heterocycles. The number of hydrogen-bond acceptors (Lipinski definition) is 5. The first kappa shape index (κ1) is 18.5. The molecule has 0 amide bonds. The second kappa shape index (κ2) is 7.17. The molecule has 7 heteroatoms. The lowest BCUT2D eigenvalue weighted by Crippen LogP contribution is -2.28. The van der Waals surface area contributed by atoms with Crippen LogP contribution in [-0.4, -0.2) is 28.7 Å². The molecular formula is C19H23NO5S. The van der Waals surface area contributed by atoms with Crippen LogP contribution in [0.25, 0.3) is 0 Å². The van der Waals surface area contributed by atoms with E-state index in [4.69, 9.17) is 14.2 Å². The predicted molar refractivity (Wildman–Crippen MR) is 98.6 cm³/mol. The number of benzene rings is 2.